The number of hydrogen-bond acceptors (Lipinski definition) is 2. The summed E-state index contributed by atoms with van der Waals surface area (Å²) in [5.41, 5.74) is 3.32. The molecule has 1 fully saturated rings. The van der Waals surface area contributed by atoms with Crippen LogP contribution in [0.5, 0.6) is 0 Å². The Morgan fingerprint density at radius 2 is 1.76 bits per heavy atom. The highest BCUT2D eigenvalue weighted by Crippen LogP contribution is 2.30. The molecule has 118 valence electrons. The predicted octanol–water partition coefficient (Wildman–Crippen LogP) is 4.02. The summed E-state index contributed by atoms with van der Waals surface area (Å²) in [4.78, 5) is 2.45. The Morgan fingerprint density at radius 1 is 1.14 bits per heavy atom. The van der Waals surface area contributed by atoms with Crippen LogP contribution in [-0.2, 0) is 6.42 Å². The van der Waals surface area contributed by atoms with Crippen LogP contribution in [0.4, 0.5) is 0 Å². The third-order valence-electron chi connectivity index (χ3n) is 5.17. The van der Waals surface area contributed by atoms with Crippen LogP contribution < -0.4 is 5.32 Å². The maximum atomic E-state index is 3.83. The van der Waals surface area contributed by atoms with Crippen molar-refractivity contribution in [1.82, 2.24) is 10.2 Å². The molecule has 0 aromatic heterocycles. The van der Waals surface area contributed by atoms with Gasteiger partial charge in [-0.3, -0.25) is 0 Å². The van der Waals surface area contributed by atoms with Gasteiger partial charge in [-0.15, -0.1) is 0 Å². The van der Waals surface area contributed by atoms with Crippen molar-refractivity contribution < 1.29 is 0 Å². The fourth-order valence-corrected chi connectivity index (χ4v) is 3.19. The summed E-state index contributed by atoms with van der Waals surface area (Å²) >= 11 is 0. The van der Waals surface area contributed by atoms with Crippen molar-refractivity contribution in [2.45, 2.75) is 52.5 Å². The first-order valence-electron chi connectivity index (χ1n) is 8.57. The Hall–Kier alpha value is -0.860. The largest absolute Gasteiger partial charge is 0.309 e. The third-order valence-corrected chi connectivity index (χ3v) is 5.17. The van der Waals surface area contributed by atoms with E-state index in [1.807, 2.05) is 0 Å². The van der Waals surface area contributed by atoms with Crippen LogP contribution in [0.15, 0.2) is 24.3 Å². The molecule has 1 aliphatic rings. The number of aryl methyl sites for hydroxylation is 1. The number of benzene rings is 1. The molecule has 2 heteroatoms. The molecule has 0 saturated carbocycles. The molecule has 0 spiro atoms. The van der Waals surface area contributed by atoms with Gasteiger partial charge < -0.3 is 10.2 Å². The summed E-state index contributed by atoms with van der Waals surface area (Å²) in [5.74, 6) is 0. The highest BCUT2D eigenvalue weighted by molar-refractivity contribution is 5.25. The molecule has 1 heterocycles. The van der Waals surface area contributed by atoms with Gasteiger partial charge in [-0.25, -0.2) is 0 Å². The van der Waals surface area contributed by atoms with Crippen LogP contribution in [0.1, 0.15) is 57.2 Å². The Kier molecular flexibility index (Phi) is 5.83. The Labute approximate surface area is 130 Å². The number of nitrogens with one attached hydrogen (secondary N) is 1. The van der Waals surface area contributed by atoms with E-state index in [-0.39, 0.29) is 0 Å². The molecule has 1 aliphatic heterocycles. The summed E-state index contributed by atoms with van der Waals surface area (Å²) in [6, 6.07) is 9.65. The molecule has 1 unspecified atom stereocenters. The molecular weight excluding hydrogens is 256 g/mol. The molecule has 0 aliphatic carbocycles. The van der Waals surface area contributed by atoms with Gasteiger partial charge in [0.2, 0.25) is 0 Å². The first kappa shape index (κ1) is 16.5. The van der Waals surface area contributed by atoms with Crippen LogP contribution in [-0.4, -0.2) is 31.6 Å². The molecule has 2 nitrogen and oxygen atoms in total. The Morgan fingerprint density at radius 3 is 2.29 bits per heavy atom. The lowest BCUT2D eigenvalue weighted by Gasteiger charge is -2.39. The topological polar surface area (TPSA) is 15.3 Å². The van der Waals surface area contributed by atoms with Crippen molar-refractivity contribution in [3.63, 3.8) is 0 Å². The number of rotatable bonds is 6. The van der Waals surface area contributed by atoms with E-state index >= 15 is 0 Å². The van der Waals surface area contributed by atoms with E-state index in [1.165, 1.54) is 37.1 Å². The summed E-state index contributed by atoms with van der Waals surface area (Å²) in [6.45, 7) is 10.5. The lowest BCUT2D eigenvalue weighted by atomic mass is 9.80. The highest BCUT2D eigenvalue weighted by Gasteiger charge is 2.29. The molecular formula is C19H32N2. The fourth-order valence-electron chi connectivity index (χ4n) is 3.19. The first-order valence-corrected chi connectivity index (χ1v) is 8.57. The highest BCUT2D eigenvalue weighted by atomic mass is 15.1. The minimum absolute atomic E-state index is 0.462. The lowest BCUT2D eigenvalue weighted by Crippen LogP contribution is -2.42. The molecule has 2 rings (SSSR count). The van der Waals surface area contributed by atoms with Gasteiger partial charge in [0, 0.05) is 12.6 Å². The average Bonchev–Trinajstić information content (AvgIpc) is 2.52. The average molecular weight is 288 g/mol. The number of piperidine rings is 1. The molecule has 0 radical (unpaired) electrons. The van der Waals surface area contributed by atoms with E-state index < -0.39 is 0 Å². The number of hydrogen-bond donors (Lipinski definition) is 1. The minimum atomic E-state index is 0.462. The van der Waals surface area contributed by atoms with E-state index in [4.69, 9.17) is 0 Å². The summed E-state index contributed by atoms with van der Waals surface area (Å²) in [5, 5.41) is 3.83. The van der Waals surface area contributed by atoms with Crippen LogP contribution >= 0.6 is 0 Å². The second-order valence-electron chi connectivity index (χ2n) is 7.05. The van der Waals surface area contributed by atoms with Gasteiger partial charge in [0.25, 0.3) is 0 Å². The van der Waals surface area contributed by atoms with Crippen LogP contribution in [0.2, 0.25) is 0 Å². The number of likely N-dealkylation sites (tertiary alicyclic amines) is 1. The molecule has 1 saturated heterocycles. The zero-order valence-electron chi connectivity index (χ0n) is 14.3. The van der Waals surface area contributed by atoms with Crippen molar-refractivity contribution >= 4 is 0 Å². The number of nitrogens with zero attached hydrogens (tertiary/aromatic N) is 1. The van der Waals surface area contributed by atoms with E-state index in [0.717, 1.165) is 19.4 Å². The quantitative estimate of drug-likeness (QED) is 0.850. The van der Waals surface area contributed by atoms with Crippen LogP contribution in [0, 0.1) is 5.41 Å². The van der Waals surface area contributed by atoms with Gasteiger partial charge in [0.1, 0.15) is 0 Å². The van der Waals surface area contributed by atoms with Gasteiger partial charge in [0.15, 0.2) is 0 Å². The summed E-state index contributed by atoms with van der Waals surface area (Å²) in [6.07, 6.45) is 4.89. The zero-order chi connectivity index (χ0) is 15.3. The van der Waals surface area contributed by atoms with Crippen molar-refractivity contribution in [1.29, 1.82) is 0 Å². The smallest absolute Gasteiger partial charge is 0.0317 e. The van der Waals surface area contributed by atoms with E-state index in [9.17, 15) is 0 Å². The van der Waals surface area contributed by atoms with Gasteiger partial charge in [0.05, 0.1) is 0 Å². The molecule has 21 heavy (non-hydrogen) atoms. The van der Waals surface area contributed by atoms with E-state index in [1.54, 1.807) is 0 Å². The van der Waals surface area contributed by atoms with Gasteiger partial charge in [-0.1, -0.05) is 45.0 Å². The van der Waals surface area contributed by atoms with Gasteiger partial charge >= 0.3 is 0 Å². The monoisotopic (exact) mass is 288 g/mol. The summed E-state index contributed by atoms with van der Waals surface area (Å²) in [7, 11) is 2.23. The Balaban J connectivity index is 1.92. The van der Waals surface area contributed by atoms with E-state index in [2.05, 4.69) is 62.3 Å². The molecule has 1 N–H and O–H groups in total. The molecule has 1 atom stereocenters. The second kappa shape index (κ2) is 7.42. The lowest BCUT2D eigenvalue weighted by molar-refractivity contribution is 0.133. The van der Waals surface area contributed by atoms with Crippen molar-refractivity contribution in [3.05, 3.63) is 35.4 Å². The Bertz CT molecular complexity index is 416. The molecule has 1 aromatic rings. The minimum Gasteiger partial charge on any atom is -0.309 e. The zero-order valence-corrected chi connectivity index (χ0v) is 14.3. The van der Waals surface area contributed by atoms with Crippen molar-refractivity contribution in [2.24, 2.45) is 5.41 Å². The van der Waals surface area contributed by atoms with Crippen molar-refractivity contribution in [3.8, 4) is 0 Å². The predicted molar refractivity (Wildman–Crippen MR) is 91.7 cm³/mol. The van der Waals surface area contributed by atoms with E-state index in [0.29, 0.717) is 11.5 Å². The second-order valence-corrected chi connectivity index (χ2v) is 7.05. The SMILES string of the molecule is CCc1ccc(C(CC)NCC2(C)CCN(C)CC2)cc1. The van der Waals surface area contributed by atoms with Crippen molar-refractivity contribution in [2.75, 3.05) is 26.7 Å². The maximum Gasteiger partial charge on any atom is 0.0317 e. The molecule has 1 aromatic carbocycles. The first-order chi connectivity index (χ1) is 10.1. The molecule has 0 bridgehead atoms. The normalized spacial score (nSPS) is 20.4. The maximum absolute atomic E-state index is 3.83. The summed E-state index contributed by atoms with van der Waals surface area (Å²) < 4.78 is 0. The standard InChI is InChI=1S/C19H32N2/c1-5-16-7-9-17(10-8-16)18(6-2)20-15-19(3)11-13-21(4)14-12-19/h7-10,18,20H,5-6,11-15H2,1-4H3. The van der Waals surface area contributed by atoms with Gasteiger partial charge in [-0.05, 0) is 62.4 Å². The molecule has 0 amide bonds. The van der Waals surface area contributed by atoms with Gasteiger partial charge in [-0.2, -0.15) is 0 Å². The fraction of sp³-hybridized carbons (Fsp3) is 0.684. The third kappa shape index (κ3) is 4.55. The van der Waals surface area contributed by atoms with Crippen LogP contribution in [0.3, 0.4) is 0 Å². The van der Waals surface area contributed by atoms with Crippen LogP contribution in [0.25, 0.3) is 0 Å².